The van der Waals surface area contributed by atoms with E-state index in [9.17, 15) is 31.9 Å². The van der Waals surface area contributed by atoms with Crippen LogP contribution in [-0.4, -0.2) is 64.1 Å². The molecule has 6 rings (SSSR count). The van der Waals surface area contributed by atoms with Crippen molar-refractivity contribution in [1.29, 1.82) is 0 Å². The summed E-state index contributed by atoms with van der Waals surface area (Å²) in [6, 6.07) is 13.7. The fourth-order valence-electron chi connectivity index (χ4n) is 6.34. The quantitative estimate of drug-likeness (QED) is 0.0747. The number of morpholine rings is 1. The van der Waals surface area contributed by atoms with E-state index in [1.807, 2.05) is 12.1 Å². The number of sulfonamides is 1. The van der Waals surface area contributed by atoms with Crippen molar-refractivity contribution in [2.45, 2.75) is 38.6 Å². The van der Waals surface area contributed by atoms with Gasteiger partial charge in [0.25, 0.3) is 0 Å². The molecule has 0 atom stereocenters. The Labute approximate surface area is 324 Å². The fraction of sp³-hybridized carbons (Fsp3) is 0.316. The number of ether oxygens (including phenoxy) is 2. The molecule has 1 heterocycles. The largest absolute Gasteiger partial charge is 0.492 e. The zero-order chi connectivity index (χ0) is 39.6. The van der Waals surface area contributed by atoms with Gasteiger partial charge in [-0.25, -0.2) is 30.8 Å². The standard InChI is InChI=1S/C38H35Cl2F4N3O7S/c1-2-54-30-18-24(38(49)50)8-9-29(30)47(19-21-14-25(22-6-7-22)16-26(15-21)46-10-12-53-13-11-46)31(48)20-55(51,52)45-37-27(33(41)34(42)35(43)36(37)44)17-23-4-3-5-28(39)32(23)40/h3-5,8-9,14-16,18,22,45H,2,6-7,10-13,17,19-20H2,1H3,(H,49,50). The molecule has 1 amide bonds. The first-order valence-electron chi connectivity index (χ1n) is 17.2. The van der Waals surface area contributed by atoms with Crippen molar-refractivity contribution in [2.24, 2.45) is 0 Å². The molecule has 0 radical (unpaired) electrons. The molecule has 0 spiro atoms. The van der Waals surface area contributed by atoms with E-state index < -0.39 is 68.6 Å². The van der Waals surface area contributed by atoms with E-state index in [0.29, 0.717) is 37.8 Å². The van der Waals surface area contributed by atoms with E-state index in [-0.39, 0.29) is 45.8 Å². The molecular formula is C38H35Cl2F4N3O7S. The van der Waals surface area contributed by atoms with Crippen molar-refractivity contribution >= 4 is 62.2 Å². The van der Waals surface area contributed by atoms with Crippen LogP contribution in [0, 0.1) is 23.3 Å². The monoisotopic (exact) mass is 823 g/mol. The first-order chi connectivity index (χ1) is 26.2. The van der Waals surface area contributed by atoms with E-state index in [0.717, 1.165) is 29.0 Å². The van der Waals surface area contributed by atoms with Gasteiger partial charge in [-0.3, -0.25) is 9.52 Å². The molecule has 0 bridgehead atoms. The molecule has 4 aromatic rings. The molecule has 10 nitrogen and oxygen atoms in total. The van der Waals surface area contributed by atoms with Crippen molar-refractivity contribution in [3.8, 4) is 5.75 Å². The highest BCUT2D eigenvalue weighted by molar-refractivity contribution is 7.93. The molecule has 1 saturated heterocycles. The third-order valence-electron chi connectivity index (χ3n) is 9.20. The van der Waals surface area contributed by atoms with Gasteiger partial charge in [-0.05, 0) is 78.8 Å². The lowest BCUT2D eigenvalue weighted by Gasteiger charge is -2.30. The van der Waals surface area contributed by atoms with Crippen LogP contribution >= 0.6 is 23.2 Å². The number of rotatable bonds is 14. The summed E-state index contributed by atoms with van der Waals surface area (Å²) in [5, 5.41) is 9.55. The number of carbonyl (C=O) groups is 2. The molecule has 1 saturated carbocycles. The average Bonchev–Trinajstić information content (AvgIpc) is 4.01. The molecule has 0 aromatic heterocycles. The van der Waals surface area contributed by atoms with Crippen LogP contribution in [0.15, 0.2) is 54.6 Å². The van der Waals surface area contributed by atoms with Gasteiger partial charge in [-0.2, -0.15) is 0 Å². The molecule has 2 fully saturated rings. The SMILES string of the molecule is CCOc1cc(C(=O)O)ccc1N(Cc1cc(C2CC2)cc(N2CCOCC2)c1)C(=O)CS(=O)(=O)Nc1c(F)c(F)c(F)c(F)c1Cc1cccc(Cl)c1Cl. The highest BCUT2D eigenvalue weighted by Crippen LogP contribution is 2.42. The summed E-state index contributed by atoms with van der Waals surface area (Å²) < 4.78 is 100. The predicted octanol–water partition coefficient (Wildman–Crippen LogP) is 7.93. The number of carboxylic acids is 1. The maximum Gasteiger partial charge on any atom is 0.335 e. The molecule has 0 unspecified atom stereocenters. The molecular weight excluding hydrogens is 789 g/mol. The molecule has 4 aromatic carbocycles. The van der Waals surface area contributed by atoms with E-state index >= 15 is 8.78 Å². The summed E-state index contributed by atoms with van der Waals surface area (Å²) in [5.74, 6) is -11.9. The van der Waals surface area contributed by atoms with Crippen molar-refractivity contribution in [2.75, 3.05) is 53.2 Å². The predicted molar refractivity (Wildman–Crippen MR) is 200 cm³/mol. The topological polar surface area (TPSA) is 125 Å². The van der Waals surface area contributed by atoms with Gasteiger partial charge in [0.1, 0.15) is 11.5 Å². The minimum absolute atomic E-state index is 0.0120. The second-order valence-electron chi connectivity index (χ2n) is 13.1. The van der Waals surface area contributed by atoms with E-state index in [1.54, 1.807) is 11.6 Å². The lowest BCUT2D eigenvalue weighted by atomic mass is 10.0. The molecule has 2 aliphatic rings. The Hall–Kier alpha value is -4.57. The number of nitrogens with one attached hydrogen (secondary N) is 1. The zero-order valence-electron chi connectivity index (χ0n) is 29.3. The first kappa shape index (κ1) is 40.1. The summed E-state index contributed by atoms with van der Waals surface area (Å²) in [7, 11) is -5.02. The van der Waals surface area contributed by atoms with E-state index in [4.69, 9.17) is 32.7 Å². The van der Waals surface area contributed by atoms with Gasteiger partial charge in [0, 0.05) is 30.8 Å². The molecule has 292 valence electrons. The number of aromatic carboxylic acids is 1. The van der Waals surface area contributed by atoms with Crippen LogP contribution in [0.1, 0.15) is 58.3 Å². The highest BCUT2D eigenvalue weighted by atomic mass is 35.5. The van der Waals surface area contributed by atoms with Gasteiger partial charge in [0.05, 0.1) is 53.3 Å². The normalized spacial score (nSPS) is 14.5. The zero-order valence-corrected chi connectivity index (χ0v) is 31.6. The lowest BCUT2D eigenvalue weighted by Crippen LogP contribution is -2.38. The number of carboxylic acid groups (broad SMARTS) is 1. The Morgan fingerprint density at radius 1 is 0.982 bits per heavy atom. The number of anilines is 3. The minimum Gasteiger partial charge on any atom is -0.492 e. The Bertz CT molecular complexity index is 2250. The fourth-order valence-corrected chi connectivity index (χ4v) is 7.80. The molecule has 1 aliphatic heterocycles. The second-order valence-corrected chi connectivity index (χ2v) is 15.6. The van der Waals surface area contributed by atoms with Crippen LogP contribution < -0.4 is 19.3 Å². The minimum atomic E-state index is -5.02. The number of benzene rings is 4. The third-order valence-corrected chi connectivity index (χ3v) is 11.2. The van der Waals surface area contributed by atoms with Crippen molar-refractivity contribution in [3.63, 3.8) is 0 Å². The average molecular weight is 825 g/mol. The van der Waals surface area contributed by atoms with Crippen LogP contribution in [0.4, 0.5) is 34.6 Å². The Kier molecular flexibility index (Phi) is 12.1. The molecule has 55 heavy (non-hydrogen) atoms. The van der Waals surface area contributed by atoms with Crippen molar-refractivity contribution < 1.29 is 50.1 Å². The van der Waals surface area contributed by atoms with Crippen LogP contribution in [0.2, 0.25) is 10.0 Å². The van der Waals surface area contributed by atoms with Gasteiger partial charge in [-0.1, -0.05) is 41.4 Å². The molecule has 17 heteroatoms. The Balaban J connectivity index is 1.39. The summed E-state index contributed by atoms with van der Waals surface area (Å²) >= 11 is 12.3. The summed E-state index contributed by atoms with van der Waals surface area (Å²) in [5.41, 5.74) is 0.223. The summed E-state index contributed by atoms with van der Waals surface area (Å²) in [6.07, 6.45) is 1.22. The number of halogens is 6. The summed E-state index contributed by atoms with van der Waals surface area (Å²) in [6.45, 7) is 3.75. The smallest absolute Gasteiger partial charge is 0.335 e. The number of hydrogen-bond acceptors (Lipinski definition) is 7. The maximum absolute atomic E-state index is 15.4. The van der Waals surface area contributed by atoms with Gasteiger partial charge < -0.3 is 24.4 Å². The first-order valence-corrected chi connectivity index (χ1v) is 19.6. The van der Waals surface area contributed by atoms with Gasteiger partial charge in [-0.15, -0.1) is 0 Å². The van der Waals surface area contributed by atoms with Gasteiger partial charge in [0.2, 0.25) is 15.9 Å². The summed E-state index contributed by atoms with van der Waals surface area (Å²) in [4.78, 5) is 29.3. The van der Waals surface area contributed by atoms with Crippen LogP contribution in [-0.2, 0) is 32.5 Å². The second kappa shape index (κ2) is 16.7. The molecule has 2 N–H and O–H groups in total. The highest BCUT2D eigenvalue weighted by Gasteiger charge is 2.32. The Morgan fingerprint density at radius 2 is 1.69 bits per heavy atom. The van der Waals surface area contributed by atoms with Crippen LogP contribution in [0.25, 0.3) is 0 Å². The van der Waals surface area contributed by atoms with E-state index in [1.165, 1.54) is 36.4 Å². The van der Waals surface area contributed by atoms with Crippen molar-refractivity contribution in [1.82, 2.24) is 0 Å². The van der Waals surface area contributed by atoms with Crippen LogP contribution in [0.3, 0.4) is 0 Å². The van der Waals surface area contributed by atoms with Gasteiger partial charge in [0.15, 0.2) is 23.3 Å². The lowest BCUT2D eigenvalue weighted by molar-refractivity contribution is -0.116. The number of nitrogens with zero attached hydrogens (tertiary/aromatic N) is 2. The third kappa shape index (κ3) is 9.12. The maximum atomic E-state index is 15.4. The van der Waals surface area contributed by atoms with E-state index in [2.05, 4.69) is 11.0 Å². The van der Waals surface area contributed by atoms with Crippen LogP contribution in [0.5, 0.6) is 5.75 Å². The van der Waals surface area contributed by atoms with Crippen molar-refractivity contribution in [3.05, 3.63) is 116 Å². The number of hydrogen-bond donors (Lipinski definition) is 2. The number of carbonyl (C=O) groups excluding carboxylic acids is 1. The van der Waals surface area contributed by atoms with Gasteiger partial charge >= 0.3 is 5.97 Å². The Morgan fingerprint density at radius 3 is 2.36 bits per heavy atom. The number of amides is 1. The molecule has 1 aliphatic carbocycles.